The number of carbonyl (C=O) groups is 1. The molecule has 0 aliphatic rings. The van der Waals surface area contributed by atoms with Crippen molar-refractivity contribution in [2.45, 2.75) is 78.8 Å². The average molecular weight is 652 g/mol. The van der Waals surface area contributed by atoms with Gasteiger partial charge in [0.15, 0.2) is 0 Å². The van der Waals surface area contributed by atoms with E-state index in [-0.39, 0.29) is 23.1 Å². The van der Waals surface area contributed by atoms with E-state index in [1.54, 1.807) is 28.9 Å². The van der Waals surface area contributed by atoms with E-state index >= 15 is 0 Å². The first kappa shape index (κ1) is 34.2. The van der Waals surface area contributed by atoms with Crippen LogP contribution in [0.5, 0.6) is 11.5 Å². The van der Waals surface area contributed by atoms with Crippen LogP contribution < -0.4 is 25.7 Å². The van der Waals surface area contributed by atoms with Gasteiger partial charge in [0.1, 0.15) is 35.5 Å². The molecule has 0 fully saturated rings. The van der Waals surface area contributed by atoms with Gasteiger partial charge in [-0.3, -0.25) is 14.0 Å². The number of urea groups is 1. The fourth-order valence-corrected chi connectivity index (χ4v) is 5.82. The highest BCUT2D eigenvalue weighted by Crippen LogP contribution is 2.38. The second kappa shape index (κ2) is 15.6. The van der Waals surface area contributed by atoms with Crippen LogP contribution in [0.15, 0.2) is 72.2 Å². The molecular formula is C37H45N7O4. The number of nitrogens with one attached hydrogen (secondary N) is 2. The Morgan fingerprint density at radius 3 is 2.33 bits per heavy atom. The van der Waals surface area contributed by atoms with Gasteiger partial charge in [0.2, 0.25) is 0 Å². The van der Waals surface area contributed by atoms with Crippen molar-refractivity contribution in [2.75, 3.05) is 24.4 Å². The molecule has 11 heteroatoms. The number of carbonyl (C=O) groups excluding carboxylic acids is 1. The molecule has 3 aromatic heterocycles. The van der Waals surface area contributed by atoms with E-state index in [4.69, 9.17) is 9.47 Å². The zero-order chi connectivity index (χ0) is 34.2. The summed E-state index contributed by atoms with van der Waals surface area (Å²) in [6.07, 6.45) is 7.36. The van der Waals surface area contributed by atoms with Gasteiger partial charge in [0.05, 0.1) is 13.7 Å². The number of rotatable bonds is 14. The van der Waals surface area contributed by atoms with E-state index in [1.165, 1.54) is 6.33 Å². The van der Waals surface area contributed by atoms with Crippen molar-refractivity contribution < 1.29 is 14.3 Å². The van der Waals surface area contributed by atoms with Gasteiger partial charge in [-0.05, 0) is 71.3 Å². The van der Waals surface area contributed by atoms with E-state index < -0.39 is 6.03 Å². The van der Waals surface area contributed by atoms with Crippen molar-refractivity contribution in [2.24, 2.45) is 0 Å². The number of aryl methyl sites for hydroxylation is 2. The van der Waals surface area contributed by atoms with Gasteiger partial charge >= 0.3 is 6.03 Å². The van der Waals surface area contributed by atoms with Crippen LogP contribution in [0.2, 0.25) is 0 Å². The van der Waals surface area contributed by atoms with Crippen molar-refractivity contribution in [3.63, 3.8) is 0 Å². The number of hydrogen-bond donors (Lipinski definition) is 2. The fourth-order valence-electron chi connectivity index (χ4n) is 5.82. The maximum absolute atomic E-state index is 14.2. The number of nitrogens with zero attached hydrogens (tertiary/aromatic N) is 5. The lowest BCUT2D eigenvalue weighted by atomic mass is 9.92. The largest absolute Gasteiger partial charge is 0.497 e. The van der Waals surface area contributed by atoms with E-state index in [0.717, 1.165) is 47.1 Å². The van der Waals surface area contributed by atoms with Crippen LogP contribution in [0.4, 0.5) is 16.2 Å². The molecule has 0 unspecified atom stereocenters. The van der Waals surface area contributed by atoms with Crippen LogP contribution >= 0.6 is 0 Å². The second-order valence-corrected chi connectivity index (χ2v) is 12.4. The van der Waals surface area contributed by atoms with Crippen molar-refractivity contribution in [1.82, 2.24) is 24.3 Å². The highest BCUT2D eigenvalue weighted by molar-refractivity contribution is 6.08. The summed E-state index contributed by atoms with van der Waals surface area (Å²) < 4.78 is 15.1. The minimum absolute atomic E-state index is 0.0851. The standard InChI is InChI=1S/C37H45N7O4/c1-7-8-17-44-35-29(14-10-15-39-35)32(26-12-9-13-27(19-26)47-6)34(36(44)45)42-37(46)41-33-30(24(2)3)20-28(21-31(33)25(4)5)48-18-11-16-43-23-38-22-40-43/h9-10,12-15,19-25H,7-8,11,16-18H2,1-6H3,(H2,41,42,46). The maximum Gasteiger partial charge on any atom is 0.323 e. The van der Waals surface area contributed by atoms with E-state index in [9.17, 15) is 9.59 Å². The lowest BCUT2D eigenvalue weighted by Gasteiger charge is -2.23. The van der Waals surface area contributed by atoms with E-state index in [2.05, 4.69) is 60.3 Å². The number of hydrogen-bond acceptors (Lipinski definition) is 7. The van der Waals surface area contributed by atoms with Gasteiger partial charge in [0.25, 0.3) is 5.56 Å². The molecule has 0 aliphatic carbocycles. The van der Waals surface area contributed by atoms with E-state index in [0.29, 0.717) is 42.3 Å². The highest BCUT2D eigenvalue weighted by atomic mass is 16.5. The first-order valence-electron chi connectivity index (χ1n) is 16.6. The predicted octanol–water partition coefficient (Wildman–Crippen LogP) is 7.82. The van der Waals surface area contributed by atoms with Crippen molar-refractivity contribution >= 4 is 28.4 Å². The van der Waals surface area contributed by atoms with Crippen LogP contribution in [0.25, 0.3) is 22.2 Å². The second-order valence-electron chi connectivity index (χ2n) is 12.4. The molecule has 5 aromatic rings. The summed E-state index contributed by atoms with van der Waals surface area (Å²) in [4.78, 5) is 36.8. The van der Waals surface area contributed by atoms with Crippen LogP contribution in [0.3, 0.4) is 0 Å². The maximum atomic E-state index is 14.2. The minimum atomic E-state index is -0.508. The molecular weight excluding hydrogens is 606 g/mol. The number of amides is 2. The van der Waals surface area contributed by atoms with Gasteiger partial charge in [-0.25, -0.2) is 14.8 Å². The third-order valence-corrected chi connectivity index (χ3v) is 8.28. The van der Waals surface area contributed by atoms with E-state index in [1.807, 2.05) is 48.5 Å². The SMILES string of the molecule is CCCCn1c(=O)c(NC(=O)Nc2c(C(C)C)cc(OCCCn3cncn3)cc2C(C)C)c(-c2cccc(OC)c2)c2cccnc21. The Kier molecular flexibility index (Phi) is 11.1. The molecule has 0 bridgehead atoms. The lowest BCUT2D eigenvalue weighted by Crippen LogP contribution is -2.30. The summed E-state index contributed by atoms with van der Waals surface area (Å²) in [5, 5.41) is 11.0. The highest BCUT2D eigenvalue weighted by Gasteiger charge is 2.23. The molecule has 0 saturated carbocycles. The molecule has 0 radical (unpaired) electrons. The molecule has 2 amide bonds. The van der Waals surface area contributed by atoms with Crippen molar-refractivity contribution in [3.05, 3.63) is 88.9 Å². The first-order chi connectivity index (χ1) is 23.2. The molecule has 0 aliphatic heterocycles. The Labute approximate surface area is 281 Å². The Bertz CT molecular complexity index is 1890. The smallest absolute Gasteiger partial charge is 0.323 e. The first-order valence-corrected chi connectivity index (χ1v) is 16.6. The quantitative estimate of drug-likeness (QED) is 0.117. The molecule has 0 spiro atoms. The monoisotopic (exact) mass is 651 g/mol. The minimum Gasteiger partial charge on any atom is -0.497 e. The molecule has 2 N–H and O–H groups in total. The lowest BCUT2D eigenvalue weighted by molar-refractivity contribution is 0.262. The number of fused-ring (bicyclic) bond motifs is 1. The summed E-state index contributed by atoms with van der Waals surface area (Å²) >= 11 is 0. The number of unbranched alkanes of at least 4 members (excludes halogenated alkanes) is 1. The zero-order valence-electron chi connectivity index (χ0n) is 28.6. The molecule has 5 rings (SSSR count). The third kappa shape index (κ3) is 7.67. The van der Waals surface area contributed by atoms with Crippen molar-refractivity contribution in [1.29, 1.82) is 0 Å². The van der Waals surface area contributed by atoms with Gasteiger partial charge in [-0.1, -0.05) is 53.2 Å². The summed E-state index contributed by atoms with van der Waals surface area (Å²) in [5.74, 6) is 1.55. The summed E-state index contributed by atoms with van der Waals surface area (Å²) in [6, 6.07) is 14.7. The van der Waals surface area contributed by atoms with Crippen LogP contribution in [-0.4, -0.2) is 44.1 Å². The van der Waals surface area contributed by atoms with Gasteiger partial charge < -0.3 is 20.1 Å². The Morgan fingerprint density at radius 2 is 1.67 bits per heavy atom. The summed E-state index contributed by atoms with van der Waals surface area (Å²) in [6.45, 7) is 12.1. The summed E-state index contributed by atoms with van der Waals surface area (Å²) in [5.41, 5.74) is 4.36. The molecule has 0 atom stereocenters. The molecule has 11 nitrogen and oxygen atoms in total. The zero-order valence-corrected chi connectivity index (χ0v) is 28.6. The number of aromatic nitrogens is 5. The Balaban J connectivity index is 1.52. The average Bonchev–Trinajstić information content (AvgIpc) is 3.60. The van der Waals surface area contributed by atoms with Crippen LogP contribution in [0, 0.1) is 0 Å². The molecule has 3 heterocycles. The fraction of sp³-hybridized carbons (Fsp3) is 0.378. The number of benzene rings is 2. The summed E-state index contributed by atoms with van der Waals surface area (Å²) in [7, 11) is 1.60. The topological polar surface area (TPSA) is 125 Å². The van der Waals surface area contributed by atoms with Crippen LogP contribution in [-0.2, 0) is 13.1 Å². The Morgan fingerprint density at radius 1 is 0.917 bits per heavy atom. The molecule has 48 heavy (non-hydrogen) atoms. The molecule has 2 aromatic carbocycles. The normalized spacial score (nSPS) is 11.3. The number of methoxy groups -OCH3 is 1. The van der Waals surface area contributed by atoms with Crippen molar-refractivity contribution in [3.8, 4) is 22.6 Å². The third-order valence-electron chi connectivity index (χ3n) is 8.28. The number of pyridine rings is 2. The Hall–Kier alpha value is -5.19. The number of ether oxygens (including phenoxy) is 2. The number of anilines is 2. The van der Waals surface area contributed by atoms with Gasteiger partial charge in [0, 0.05) is 42.3 Å². The van der Waals surface area contributed by atoms with Crippen LogP contribution in [0.1, 0.15) is 76.8 Å². The predicted molar refractivity (Wildman–Crippen MR) is 190 cm³/mol. The van der Waals surface area contributed by atoms with Gasteiger partial charge in [-0.15, -0.1) is 0 Å². The van der Waals surface area contributed by atoms with Gasteiger partial charge in [-0.2, -0.15) is 5.10 Å². The molecule has 0 saturated heterocycles. The molecule has 252 valence electrons.